The average Bonchev–Trinajstić information content (AvgIpc) is 2.48. The molecule has 0 saturated heterocycles. The van der Waals surface area contributed by atoms with Crippen LogP contribution in [0.25, 0.3) is 0 Å². The molecule has 2 rings (SSSR count). The molecule has 1 saturated carbocycles. The van der Waals surface area contributed by atoms with Gasteiger partial charge in [0.1, 0.15) is 0 Å². The maximum atomic E-state index is 5.02. The van der Waals surface area contributed by atoms with Crippen LogP contribution >= 0.6 is 0 Å². The molecule has 0 aliphatic heterocycles. The summed E-state index contributed by atoms with van der Waals surface area (Å²) in [6.07, 6.45) is 7.28. The summed E-state index contributed by atoms with van der Waals surface area (Å²) in [5, 5.41) is 0. The number of hydrogen-bond donors (Lipinski definition) is 1. The van der Waals surface area contributed by atoms with Crippen LogP contribution in [0.4, 0.5) is 0 Å². The van der Waals surface area contributed by atoms with E-state index in [1.807, 2.05) is 0 Å². The Hall–Kier alpha value is -0.340. The molecule has 0 unspecified atom stereocenters. The number of rotatable bonds is 2. The van der Waals surface area contributed by atoms with Crippen LogP contribution in [0.1, 0.15) is 12.8 Å². The molecule has 56 valence electrons. The lowest BCUT2D eigenvalue weighted by Crippen LogP contribution is -2.16. The van der Waals surface area contributed by atoms with Crippen LogP contribution in [0, 0.1) is 17.8 Å². The van der Waals surface area contributed by atoms with Crippen molar-refractivity contribution in [1.82, 2.24) is 0 Å². The molecule has 0 radical (unpaired) electrons. The summed E-state index contributed by atoms with van der Waals surface area (Å²) in [5.41, 5.74) is 0. The van der Waals surface area contributed by atoms with E-state index in [2.05, 4.69) is 17.0 Å². The van der Waals surface area contributed by atoms with Gasteiger partial charge in [-0.3, -0.25) is 0 Å². The van der Waals surface area contributed by atoms with Crippen molar-refractivity contribution in [3.63, 3.8) is 0 Å². The fourth-order valence-corrected chi connectivity index (χ4v) is 2.21. The van der Waals surface area contributed by atoms with E-state index >= 15 is 0 Å². The molecular formula is C8H13NO. The first-order chi connectivity index (χ1) is 4.90. The highest BCUT2D eigenvalue weighted by Gasteiger charge is 2.35. The Morgan fingerprint density at radius 1 is 1.40 bits per heavy atom. The summed E-state index contributed by atoms with van der Waals surface area (Å²) < 4.78 is 0. The third-order valence-electron chi connectivity index (χ3n) is 2.73. The topological polar surface area (TPSA) is 35.2 Å². The standard InChI is InChI=1S/C8H13NO/c9-10-5-8-4-6-1-2-7(8)3-6/h1-2,6-8H,3-5,9H2/t6-,7+,8+/m1/s1. The third kappa shape index (κ3) is 0.879. The molecule has 10 heavy (non-hydrogen) atoms. The van der Waals surface area contributed by atoms with Crippen molar-refractivity contribution in [3.05, 3.63) is 12.2 Å². The van der Waals surface area contributed by atoms with E-state index in [1.54, 1.807) is 0 Å². The van der Waals surface area contributed by atoms with Gasteiger partial charge in [0.2, 0.25) is 0 Å². The Labute approximate surface area is 61.0 Å². The number of nitrogens with two attached hydrogens (primary N) is 1. The van der Waals surface area contributed by atoms with Crippen molar-refractivity contribution >= 4 is 0 Å². The highest BCUT2D eigenvalue weighted by atomic mass is 16.6. The van der Waals surface area contributed by atoms with Crippen LogP contribution in [0.15, 0.2) is 12.2 Å². The Morgan fingerprint density at radius 3 is 2.80 bits per heavy atom. The zero-order valence-corrected chi connectivity index (χ0v) is 5.99. The van der Waals surface area contributed by atoms with Crippen molar-refractivity contribution in [2.45, 2.75) is 12.8 Å². The molecule has 0 amide bonds. The van der Waals surface area contributed by atoms with Crippen molar-refractivity contribution < 1.29 is 4.84 Å². The summed E-state index contributed by atoms with van der Waals surface area (Å²) in [4.78, 5) is 4.64. The Bertz CT molecular complexity index is 155. The Kier molecular flexibility index (Phi) is 1.51. The molecule has 2 bridgehead atoms. The zero-order valence-electron chi connectivity index (χ0n) is 5.99. The normalized spacial score (nSPS) is 43.1. The first-order valence-corrected chi connectivity index (χ1v) is 3.90. The minimum absolute atomic E-state index is 0.708. The first-order valence-electron chi connectivity index (χ1n) is 3.90. The molecule has 0 spiro atoms. The minimum Gasteiger partial charge on any atom is -0.304 e. The molecular weight excluding hydrogens is 126 g/mol. The van der Waals surface area contributed by atoms with Crippen LogP contribution in [0.3, 0.4) is 0 Å². The SMILES string of the molecule is NOC[C@@H]1C[C@@H]2C=C[C@H]1C2. The van der Waals surface area contributed by atoms with Gasteiger partial charge in [-0.25, -0.2) is 5.90 Å². The van der Waals surface area contributed by atoms with Crippen LogP contribution in [-0.4, -0.2) is 6.61 Å². The number of fused-ring (bicyclic) bond motifs is 2. The third-order valence-corrected chi connectivity index (χ3v) is 2.73. The van der Waals surface area contributed by atoms with E-state index in [9.17, 15) is 0 Å². The van der Waals surface area contributed by atoms with E-state index in [-0.39, 0.29) is 0 Å². The van der Waals surface area contributed by atoms with Crippen molar-refractivity contribution in [2.24, 2.45) is 23.7 Å². The molecule has 2 aliphatic rings. The van der Waals surface area contributed by atoms with Gasteiger partial charge < -0.3 is 4.84 Å². The lowest BCUT2D eigenvalue weighted by atomic mass is 9.95. The van der Waals surface area contributed by atoms with Gasteiger partial charge in [0, 0.05) is 0 Å². The maximum absolute atomic E-state index is 5.02. The van der Waals surface area contributed by atoms with Gasteiger partial charge in [-0.15, -0.1) is 0 Å². The lowest BCUT2D eigenvalue weighted by Gasteiger charge is -2.15. The van der Waals surface area contributed by atoms with Crippen molar-refractivity contribution in [1.29, 1.82) is 0 Å². The highest BCUT2D eigenvalue weighted by molar-refractivity contribution is 5.09. The minimum atomic E-state index is 0.708. The molecule has 0 aromatic heterocycles. The Balaban J connectivity index is 1.96. The number of allylic oxidation sites excluding steroid dienone is 2. The van der Waals surface area contributed by atoms with Gasteiger partial charge in [0.05, 0.1) is 6.61 Å². The van der Waals surface area contributed by atoms with Gasteiger partial charge in [0.25, 0.3) is 0 Å². The van der Waals surface area contributed by atoms with Gasteiger partial charge >= 0.3 is 0 Å². The largest absolute Gasteiger partial charge is 0.304 e. The fraction of sp³-hybridized carbons (Fsp3) is 0.750. The van der Waals surface area contributed by atoms with Crippen LogP contribution in [-0.2, 0) is 4.84 Å². The summed E-state index contributed by atoms with van der Waals surface area (Å²) in [6, 6.07) is 0. The second kappa shape index (κ2) is 2.36. The molecule has 2 aliphatic carbocycles. The van der Waals surface area contributed by atoms with Crippen molar-refractivity contribution in [2.75, 3.05) is 6.61 Å². The predicted molar refractivity (Wildman–Crippen MR) is 39.0 cm³/mol. The summed E-state index contributed by atoms with van der Waals surface area (Å²) in [5.74, 6) is 7.33. The molecule has 2 N–H and O–H groups in total. The lowest BCUT2D eigenvalue weighted by molar-refractivity contribution is 0.0922. The van der Waals surface area contributed by atoms with Gasteiger partial charge in [-0.1, -0.05) is 12.2 Å². The molecule has 3 atom stereocenters. The molecule has 2 heteroatoms. The van der Waals surface area contributed by atoms with Crippen LogP contribution in [0.2, 0.25) is 0 Å². The van der Waals surface area contributed by atoms with E-state index in [4.69, 9.17) is 5.90 Å². The van der Waals surface area contributed by atoms with Gasteiger partial charge in [-0.05, 0) is 30.6 Å². The average molecular weight is 139 g/mol. The highest BCUT2D eigenvalue weighted by Crippen LogP contribution is 2.43. The van der Waals surface area contributed by atoms with Crippen LogP contribution < -0.4 is 5.90 Å². The van der Waals surface area contributed by atoms with E-state index in [1.165, 1.54) is 12.8 Å². The fourth-order valence-electron chi connectivity index (χ4n) is 2.21. The summed E-state index contributed by atoms with van der Waals surface area (Å²) >= 11 is 0. The second-order valence-corrected chi connectivity index (χ2v) is 3.37. The number of hydrogen-bond acceptors (Lipinski definition) is 2. The van der Waals surface area contributed by atoms with E-state index in [0.717, 1.165) is 18.4 Å². The van der Waals surface area contributed by atoms with E-state index in [0.29, 0.717) is 5.92 Å². The monoisotopic (exact) mass is 139 g/mol. The second-order valence-electron chi connectivity index (χ2n) is 3.37. The first kappa shape index (κ1) is 6.38. The van der Waals surface area contributed by atoms with E-state index < -0.39 is 0 Å². The molecule has 2 nitrogen and oxygen atoms in total. The van der Waals surface area contributed by atoms with Crippen LogP contribution in [0.5, 0.6) is 0 Å². The summed E-state index contributed by atoms with van der Waals surface area (Å²) in [6.45, 7) is 0.742. The molecule has 0 heterocycles. The molecule has 0 aromatic carbocycles. The molecule has 0 aromatic rings. The zero-order chi connectivity index (χ0) is 6.97. The maximum Gasteiger partial charge on any atom is 0.0713 e. The Morgan fingerprint density at radius 2 is 2.30 bits per heavy atom. The van der Waals surface area contributed by atoms with Gasteiger partial charge in [-0.2, -0.15) is 0 Å². The van der Waals surface area contributed by atoms with Gasteiger partial charge in [0.15, 0.2) is 0 Å². The summed E-state index contributed by atoms with van der Waals surface area (Å²) in [7, 11) is 0. The molecule has 1 fully saturated rings. The smallest absolute Gasteiger partial charge is 0.0713 e. The van der Waals surface area contributed by atoms with Crippen molar-refractivity contribution in [3.8, 4) is 0 Å². The quantitative estimate of drug-likeness (QED) is 0.459. The predicted octanol–water partition coefficient (Wildman–Crippen LogP) is 1.09.